The zero-order valence-corrected chi connectivity index (χ0v) is 17.4. The van der Waals surface area contributed by atoms with Gasteiger partial charge in [-0.1, -0.05) is 11.6 Å². The van der Waals surface area contributed by atoms with E-state index in [9.17, 15) is 18.0 Å². The van der Waals surface area contributed by atoms with Crippen LogP contribution < -0.4 is 16.0 Å². The normalized spacial score (nSPS) is 20.5. The second-order valence-electron chi connectivity index (χ2n) is 7.58. The molecule has 1 spiro atoms. The number of nitrogens with zero attached hydrogens (tertiary/aromatic N) is 2. The quantitative estimate of drug-likeness (QED) is 0.613. The number of aromatic nitrogens is 2. The lowest BCUT2D eigenvalue weighted by Gasteiger charge is -2.14. The Labute approximate surface area is 182 Å². The van der Waals surface area contributed by atoms with Gasteiger partial charge in [0.05, 0.1) is 16.3 Å². The van der Waals surface area contributed by atoms with Crippen LogP contribution in [-0.2, 0) is 14.6 Å². The molecule has 1 atom stereocenters. The summed E-state index contributed by atoms with van der Waals surface area (Å²) in [6.07, 6.45) is 6.15. The van der Waals surface area contributed by atoms with Gasteiger partial charge in [0, 0.05) is 41.7 Å². The zero-order chi connectivity index (χ0) is 24.2. The van der Waals surface area contributed by atoms with Crippen LogP contribution in [0.4, 0.5) is 17.3 Å². The molecule has 2 aliphatic rings. The van der Waals surface area contributed by atoms with Crippen LogP contribution in [0.5, 0.6) is 0 Å². The number of hydrogen-bond donors (Lipinski definition) is 3. The number of nitrogens with one attached hydrogen (secondary N) is 3. The van der Waals surface area contributed by atoms with Crippen LogP contribution >= 0.6 is 11.6 Å². The maximum Gasteiger partial charge on any atom is 0.254 e. The van der Waals surface area contributed by atoms with E-state index >= 15 is 0 Å². The lowest BCUT2D eigenvalue weighted by atomic mass is 10.2. The van der Waals surface area contributed by atoms with E-state index in [-0.39, 0.29) is 50.0 Å². The molecule has 2 saturated carbocycles. The Balaban J connectivity index is 1.69. The van der Waals surface area contributed by atoms with Gasteiger partial charge in [0.25, 0.3) is 5.91 Å². The molecule has 2 aromatic heterocycles. The molecule has 9 nitrogen and oxygen atoms in total. The first-order valence-electron chi connectivity index (χ1n) is 10.5. The molecule has 0 saturated heterocycles. The highest BCUT2D eigenvalue weighted by atomic mass is 35.5. The number of hydrogen-bond acceptors (Lipinski definition) is 7. The summed E-state index contributed by atoms with van der Waals surface area (Å²) in [5.74, 6) is -1.26. The average molecular weight is 453 g/mol. The monoisotopic (exact) mass is 452 g/mol. The molecule has 30 heavy (non-hydrogen) atoms. The average Bonchev–Trinajstić information content (AvgIpc) is 3.60. The van der Waals surface area contributed by atoms with Crippen molar-refractivity contribution in [2.75, 3.05) is 23.9 Å². The van der Waals surface area contributed by atoms with Crippen LogP contribution in [0.2, 0.25) is 5.02 Å². The molecule has 2 aromatic rings. The van der Waals surface area contributed by atoms with E-state index in [1.807, 2.05) is 5.32 Å². The van der Waals surface area contributed by atoms with Gasteiger partial charge < -0.3 is 16.0 Å². The van der Waals surface area contributed by atoms with Crippen molar-refractivity contribution in [2.45, 2.75) is 24.2 Å². The lowest BCUT2D eigenvalue weighted by molar-refractivity contribution is -0.117. The topological polar surface area (TPSA) is 130 Å². The maximum atomic E-state index is 12.6. The molecule has 2 heterocycles. The summed E-state index contributed by atoms with van der Waals surface area (Å²) in [6.45, 7) is -2.76. The largest absolute Gasteiger partial charge is 0.355 e. The Morgan fingerprint density at radius 3 is 2.67 bits per heavy atom. The molecule has 0 aliphatic heterocycles. The van der Waals surface area contributed by atoms with Gasteiger partial charge in [0.2, 0.25) is 5.91 Å². The van der Waals surface area contributed by atoms with E-state index in [0.717, 1.165) is 31.7 Å². The number of carbonyl (C=O) groups is 2. The number of rotatable bonds is 6. The minimum atomic E-state index is -3.76. The Bertz CT molecular complexity index is 1260. The van der Waals surface area contributed by atoms with E-state index < -0.39 is 22.7 Å². The van der Waals surface area contributed by atoms with Gasteiger partial charge in [0.1, 0.15) is 16.5 Å². The maximum absolute atomic E-state index is 12.6. The third-order valence-electron chi connectivity index (χ3n) is 5.38. The van der Waals surface area contributed by atoms with Crippen LogP contribution in [0.3, 0.4) is 0 Å². The number of anilines is 3. The number of sulfone groups is 1. The predicted molar refractivity (Wildman–Crippen MR) is 112 cm³/mol. The smallest absolute Gasteiger partial charge is 0.254 e. The van der Waals surface area contributed by atoms with Crippen molar-refractivity contribution in [3.8, 4) is 0 Å². The summed E-state index contributed by atoms with van der Waals surface area (Å²) in [7, 11) is -3.76. The first-order valence-corrected chi connectivity index (χ1v) is 11.3. The molecule has 3 N–H and O–H groups in total. The van der Waals surface area contributed by atoms with E-state index in [1.165, 1.54) is 18.3 Å². The molecule has 11 heteroatoms. The van der Waals surface area contributed by atoms with Gasteiger partial charge in [0.15, 0.2) is 9.84 Å². The van der Waals surface area contributed by atoms with E-state index in [0.29, 0.717) is 0 Å². The minimum Gasteiger partial charge on any atom is -0.355 e. The molecule has 0 bridgehead atoms. The van der Waals surface area contributed by atoms with Gasteiger partial charge in [-0.15, -0.1) is 0 Å². The van der Waals surface area contributed by atoms with Crippen molar-refractivity contribution >= 4 is 50.6 Å². The number of carbonyl (C=O) groups excluding carboxylic acids is 2. The van der Waals surface area contributed by atoms with Crippen LogP contribution in [0, 0.1) is 11.3 Å². The van der Waals surface area contributed by atoms with E-state index in [4.69, 9.17) is 15.7 Å². The van der Waals surface area contributed by atoms with Gasteiger partial charge in [-0.25, -0.2) is 18.4 Å². The highest BCUT2D eigenvalue weighted by molar-refractivity contribution is 7.90. The predicted octanol–water partition coefficient (Wildman–Crippen LogP) is 2.38. The molecule has 158 valence electrons. The van der Waals surface area contributed by atoms with Crippen molar-refractivity contribution < 1.29 is 22.1 Å². The molecule has 0 aromatic carbocycles. The molecule has 2 fully saturated rings. The summed E-state index contributed by atoms with van der Waals surface area (Å²) in [4.78, 5) is 32.9. The molecule has 2 aliphatic carbocycles. The van der Waals surface area contributed by atoms with Crippen LogP contribution in [0.25, 0.3) is 0 Å². The molecule has 0 unspecified atom stereocenters. The second kappa shape index (κ2) is 7.21. The highest BCUT2D eigenvalue weighted by Crippen LogP contribution is 2.70. The van der Waals surface area contributed by atoms with Gasteiger partial charge in [-0.2, -0.15) is 0 Å². The van der Waals surface area contributed by atoms with Crippen LogP contribution in [0.15, 0.2) is 29.4 Å². The number of amides is 2. The molecular weight excluding hydrogens is 430 g/mol. The summed E-state index contributed by atoms with van der Waals surface area (Å²) in [5.41, 5.74) is -0.0633. The van der Waals surface area contributed by atoms with Crippen LogP contribution in [0.1, 0.15) is 33.7 Å². The molecular formula is C19H20ClN5O4S. The standard InChI is InChI=1S/C19H20ClN5O4S/c1-21-17(26)11-9-22-15(25-18(27)12-7-19(12)3-4-19)6-13(11)24-16-14(30(2,28)29)5-10(20)8-23-16/h5-6,8-9,12H,3-4,7H2,1-2H3,(H,21,26)(H2,22,23,24,25,27)/t12-/m1/s1/i1D3. The summed E-state index contributed by atoms with van der Waals surface area (Å²) in [5, 5.41) is 7.39. The SMILES string of the molecule is [2H]C([2H])([2H])NC(=O)c1cnc(NC(=O)[C@H]2CC23CC3)cc1Nc1ncc(Cl)cc1S(C)(=O)=O. The van der Waals surface area contributed by atoms with E-state index in [2.05, 4.69) is 20.6 Å². The van der Waals surface area contributed by atoms with Gasteiger partial charge in [-0.05, 0) is 30.7 Å². The molecule has 2 amide bonds. The number of halogens is 1. The van der Waals surface area contributed by atoms with Gasteiger partial charge >= 0.3 is 0 Å². The third-order valence-corrected chi connectivity index (χ3v) is 6.70. The van der Waals surface area contributed by atoms with Crippen molar-refractivity contribution in [3.05, 3.63) is 35.1 Å². The highest BCUT2D eigenvalue weighted by Gasteiger charge is 2.65. The third kappa shape index (κ3) is 3.97. The first-order chi connectivity index (χ1) is 15.3. The number of pyridine rings is 2. The van der Waals surface area contributed by atoms with Crippen LogP contribution in [-0.4, -0.2) is 43.4 Å². The Hall–Kier alpha value is -2.72. The Morgan fingerprint density at radius 2 is 2.03 bits per heavy atom. The second-order valence-corrected chi connectivity index (χ2v) is 10.00. The molecule has 4 rings (SSSR count). The van der Waals surface area contributed by atoms with E-state index in [1.54, 1.807) is 0 Å². The van der Waals surface area contributed by atoms with Crippen molar-refractivity contribution in [1.82, 2.24) is 15.3 Å². The summed E-state index contributed by atoms with van der Waals surface area (Å²) >= 11 is 5.89. The summed E-state index contributed by atoms with van der Waals surface area (Å²) in [6, 6.07) is 2.51. The fourth-order valence-electron chi connectivity index (χ4n) is 3.45. The van der Waals surface area contributed by atoms with Crippen molar-refractivity contribution in [3.63, 3.8) is 0 Å². The minimum absolute atomic E-state index is 0.00120. The summed E-state index contributed by atoms with van der Waals surface area (Å²) < 4.78 is 46.2. The zero-order valence-electron chi connectivity index (χ0n) is 18.8. The van der Waals surface area contributed by atoms with Crippen molar-refractivity contribution in [1.29, 1.82) is 0 Å². The fraction of sp³-hybridized carbons (Fsp3) is 0.368. The van der Waals surface area contributed by atoms with Gasteiger partial charge in [-0.3, -0.25) is 9.59 Å². The Morgan fingerprint density at radius 1 is 1.27 bits per heavy atom. The Kier molecular flexibility index (Phi) is 4.09. The van der Waals surface area contributed by atoms with Crippen molar-refractivity contribution in [2.24, 2.45) is 11.3 Å². The molecule has 0 radical (unpaired) electrons. The first kappa shape index (κ1) is 17.0. The fourth-order valence-corrected chi connectivity index (χ4v) is 4.46. The lowest BCUT2D eigenvalue weighted by Crippen LogP contribution is -2.21.